The van der Waals surface area contributed by atoms with Gasteiger partial charge < -0.3 is 15.4 Å². The number of aliphatic imine (C=N–C) groups is 1. The lowest BCUT2D eigenvalue weighted by Gasteiger charge is -2.12. The van der Waals surface area contributed by atoms with Gasteiger partial charge in [0.05, 0.1) is 0 Å². The van der Waals surface area contributed by atoms with Crippen molar-refractivity contribution >= 4 is 29.9 Å². The Bertz CT molecular complexity index is 418. The molecule has 0 atom stereocenters. The highest BCUT2D eigenvalue weighted by Crippen LogP contribution is 2.02. The molecule has 0 amide bonds. The van der Waals surface area contributed by atoms with Gasteiger partial charge in [0.15, 0.2) is 5.96 Å². The number of ether oxygens (including phenoxy) is 1. The van der Waals surface area contributed by atoms with Crippen molar-refractivity contribution in [2.24, 2.45) is 10.9 Å². The largest absolute Gasteiger partial charge is 0.381 e. The highest BCUT2D eigenvalue weighted by molar-refractivity contribution is 14.0. The first-order valence-electron chi connectivity index (χ1n) is 7.69. The first kappa shape index (κ1) is 21.2. The summed E-state index contributed by atoms with van der Waals surface area (Å²) in [4.78, 5) is 4.22. The van der Waals surface area contributed by atoms with Crippen LogP contribution in [0.25, 0.3) is 0 Å². The molecule has 0 aliphatic carbocycles. The predicted molar refractivity (Wildman–Crippen MR) is 105 cm³/mol. The summed E-state index contributed by atoms with van der Waals surface area (Å²) in [6.45, 7) is 9.69. The van der Waals surface area contributed by atoms with Crippen molar-refractivity contribution in [2.75, 3.05) is 26.8 Å². The lowest BCUT2D eigenvalue weighted by Crippen LogP contribution is -2.37. The molecule has 0 fully saturated rings. The minimum absolute atomic E-state index is 0. The number of hydrogen-bond acceptors (Lipinski definition) is 2. The number of halogens is 1. The van der Waals surface area contributed by atoms with Crippen LogP contribution in [0.2, 0.25) is 0 Å². The Hall–Kier alpha value is -0.820. The predicted octanol–water partition coefficient (Wildman–Crippen LogP) is 3.34. The van der Waals surface area contributed by atoms with E-state index in [2.05, 4.69) is 60.7 Å². The van der Waals surface area contributed by atoms with E-state index in [4.69, 9.17) is 4.74 Å². The van der Waals surface area contributed by atoms with Gasteiger partial charge in [-0.3, -0.25) is 4.99 Å². The lowest BCUT2D eigenvalue weighted by molar-refractivity contribution is 0.108. The molecule has 0 unspecified atom stereocenters. The summed E-state index contributed by atoms with van der Waals surface area (Å²) in [5.74, 6) is 1.43. The number of guanidine groups is 1. The van der Waals surface area contributed by atoms with Crippen molar-refractivity contribution in [3.05, 3.63) is 35.4 Å². The van der Waals surface area contributed by atoms with E-state index in [9.17, 15) is 0 Å². The van der Waals surface area contributed by atoms with Gasteiger partial charge in [0.1, 0.15) is 0 Å². The average Bonchev–Trinajstić information content (AvgIpc) is 2.47. The summed E-state index contributed by atoms with van der Waals surface area (Å²) in [7, 11) is 1.79. The maximum Gasteiger partial charge on any atom is 0.191 e. The second-order valence-corrected chi connectivity index (χ2v) is 5.66. The maximum absolute atomic E-state index is 5.55. The molecule has 0 aliphatic rings. The maximum atomic E-state index is 5.55. The van der Waals surface area contributed by atoms with Crippen LogP contribution in [0.4, 0.5) is 0 Å². The summed E-state index contributed by atoms with van der Waals surface area (Å²) < 4.78 is 5.55. The molecule has 1 rings (SSSR count). The van der Waals surface area contributed by atoms with Gasteiger partial charge in [0.25, 0.3) is 0 Å². The van der Waals surface area contributed by atoms with Crippen LogP contribution in [0.3, 0.4) is 0 Å². The molecule has 1 aromatic rings. The first-order chi connectivity index (χ1) is 10.1. The number of hydrogen-bond donors (Lipinski definition) is 2. The standard InChI is InChI=1S/C17H29N3O.HI/c1-14(2)13-21-11-5-10-19-17(18-4)20-12-16-8-6-15(3)7-9-16;/h6-9,14H,5,10-13H2,1-4H3,(H2,18,19,20);1H. The third-order valence-electron chi connectivity index (χ3n) is 3.01. The van der Waals surface area contributed by atoms with Gasteiger partial charge in [0.2, 0.25) is 0 Å². The Morgan fingerprint density at radius 2 is 1.86 bits per heavy atom. The quantitative estimate of drug-likeness (QED) is 0.294. The van der Waals surface area contributed by atoms with Crippen molar-refractivity contribution in [1.82, 2.24) is 10.6 Å². The van der Waals surface area contributed by atoms with E-state index in [1.165, 1.54) is 11.1 Å². The van der Waals surface area contributed by atoms with Gasteiger partial charge in [-0.2, -0.15) is 0 Å². The van der Waals surface area contributed by atoms with Gasteiger partial charge in [-0.15, -0.1) is 24.0 Å². The van der Waals surface area contributed by atoms with Crippen molar-refractivity contribution in [3.63, 3.8) is 0 Å². The first-order valence-corrected chi connectivity index (χ1v) is 7.69. The van der Waals surface area contributed by atoms with E-state index >= 15 is 0 Å². The normalized spacial score (nSPS) is 11.2. The van der Waals surface area contributed by atoms with Crippen molar-refractivity contribution in [2.45, 2.75) is 33.7 Å². The molecule has 0 bridgehead atoms. The fraction of sp³-hybridized carbons (Fsp3) is 0.588. The molecule has 2 N–H and O–H groups in total. The Morgan fingerprint density at radius 3 is 2.45 bits per heavy atom. The van der Waals surface area contributed by atoms with E-state index < -0.39 is 0 Å². The summed E-state index contributed by atoms with van der Waals surface area (Å²) in [6.07, 6.45) is 0.984. The minimum Gasteiger partial charge on any atom is -0.381 e. The number of benzene rings is 1. The van der Waals surface area contributed by atoms with E-state index in [1.807, 2.05) is 0 Å². The topological polar surface area (TPSA) is 45.7 Å². The Labute approximate surface area is 152 Å². The van der Waals surface area contributed by atoms with Crippen LogP contribution in [0.1, 0.15) is 31.4 Å². The molecule has 0 saturated heterocycles. The Balaban J connectivity index is 0.00000441. The second-order valence-electron chi connectivity index (χ2n) is 5.66. The SMILES string of the molecule is CN=C(NCCCOCC(C)C)NCc1ccc(C)cc1.I. The van der Waals surface area contributed by atoms with Crippen LogP contribution >= 0.6 is 24.0 Å². The van der Waals surface area contributed by atoms with Crippen LogP contribution in [0.15, 0.2) is 29.3 Å². The second kappa shape index (κ2) is 12.7. The van der Waals surface area contributed by atoms with Gasteiger partial charge in [-0.05, 0) is 24.8 Å². The zero-order valence-corrected chi connectivity index (χ0v) is 16.5. The number of nitrogens with zero attached hydrogens (tertiary/aromatic N) is 1. The number of nitrogens with one attached hydrogen (secondary N) is 2. The lowest BCUT2D eigenvalue weighted by atomic mass is 10.1. The molecule has 0 aromatic heterocycles. The molecule has 5 heteroatoms. The molecule has 1 aromatic carbocycles. The molecule has 0 radical (unpaired) electrons. The van der Waals surface area contributed by atoms with Gasteiger partial charge in [0, 0.05) is 33.4 Å². The summed E-state index contributed by atoms with van der Waals surface area (Å²) in [5, 5.41) is 6.61. The van der Waals surface area contributed by atoms with Crippen LogP contribution in [-0.2, 0) is 11.3 Å². The number of rotatable bonds is 8. The molecule has 0 aliphatic heterocycles. The fourth-order valence-electron chi connectivity index (χ4n) is 1.81. The zero-order valence-electron chi connectivity index (χ0n) is 14.2. The third-order valence-corrected chi connectivity index (χ3v) is 3.01. The van der Waals surface area contributed by atoms with Gasteiger partial charge in [-0.25, -0.2) is 0 Å². The van der Waals surface area contributed by atoms with Crippen molar-refractivity contribution in [3.8, 4) is 0 Å². The molecule has 0 saturated carbocycles. The summed E-state index contributed by atoms with van der Waals surface area (Å²) >= 11 is 0. The van der Waals surface area contributed by atoms with Gasteiger partial charge >= 0.3 is 0 Å². The van der Waals surface area contributed by atoms with E-state index in [0.29, 0.717) is 5.92 Å². The van der Waals surface area contributed by atoms with Crippen LogP contribution < -0.4 is 10.6 Å². The minimum atomic E-state index is 0. The van der Waals surface area contributed by atoms with E-state index in [0.717, 1.165) is 38.7 Å². The molecule has 0 heterocycles. The fourth-order valence-corrected chi connectivity index (χ4v) is 1.81. The number of aryl methyl sites for hydroxylation is 1. The summed E-state index contributed by atoms with van der Waals surface area (Å²) in [5.41, 5.74) is 2.53. The van der Waals surface area contributed by atoms with E-state index in [1.54, 1.807) is 7.05 Å². The van der Waals surface area contributed by atoms with Crippen LogP contribution in [0, 0.1) is 12.8 Å². The monoisotopic (exact) mass is 419 g/mol. The van der Waals surface area contributed by atoms with Crippen molar-refractivity contribution in [1.29, 1.82) is 0 Å². The van der Waals surface area contributed by atoms with Crippen LogP contribution in [-0.4, -0.2) is 32.8 Å². The molecule has 4 nitrogen and oxygen atoms in total. The van der Waals surface area contributed by atoms with E-state index in [-0.39, 0.29) is 24.0 Å². The van der Waals surface area contributed by atoms with Crippen LogP contribution in [0.5, 0.6) is 0 Å². The third kappa shape index (κ3) is 10.00. The Morgan fingerprint density at radius 1 is 1.18 bits per heavy atom. The molecule has 22 heavy (non-hydrogen) atoms. The zero-order chi connectivity index (χ0) is 15.5. The molecule has 0 spiro atoms. The summed E-state index contributed by atoms with van der Waals surface area (Å²) in [6, 6.07) is 8.52. The Kier molecular flexibility index (Phi) is 12.2. The highest BCUT2D eigenvalue weighted by Gasteiger charge is 1.98. The average molecular weight is 419 g/mol. The molecular formula is C17H30IN3O. The van der Waals surface area contributed by atoms with Gasteiger partial charge in [-0.1, -0.05) is 43.7 Å². The highest BCUT2D eigenvalue weighted by atomic mass is 127. The van der Waals surface area contributed by atoms with Crippen molar-refractivity contribution < 1.29 is 4.74 Å². The molecule has 126 valence electrons. The smallest absolute Gasteiger partial charge is 0.191 e. The molecular weight excluding hydrogens is 389 g/mol.